The van der Waals surface area contributed by atoms with Crippen molar-refractivity contribution >= 4 is 33.1 Å². The number of nitro groups is 1. The number of amides is 1. The minimum Gasteiger partial charge on any atom is -0.348 e. The van der Waals surface area contributed by atoms with Gasteiger partial charge >= 0.3 is 0 Å². The van der Waals surface area contributed by atoms with Gasteiger partial charge in [-0.25, -0.2) is 4.98 Å². The Kier molecular flexibility index (Phi) is 5.05. The average Bonchev–Trinajstić information content (AvgIpc) is 3.16. The summed E-state index contributed by atoms with van der Waals surface area (Å²) in [4.78, 5) is 27.4. The molecule has 0 aliphatic rings. The first-order valence-electron chi connectivity index (χ1n) is 8.99. The predicted molar refractivity (Wildman–Crippen MR) is 114 cm³/mol. The summed E-state index contributed by atoms with van der Waals surface area (Å²) in [7, 11) is 0. The normalized spacial score (nSPS) is 10.8. The zero-order chi connectivity index (χ0) is 20.4. The smallest absolute Gasteiger partial charge is 0.272 e. The van der Waals surface area contributed by atoms with Crippen molar-refractivity contribution < 1.29 is 9.72 Å². The number of para-hydroxylation sites is 1. The Morgan fingerprint density at radius 2 is 1.86 bits per heavy atom. The van der Waals surface area contributed by atoms with E-state index in [0.717, 1.165) is 26.4 Å². The number of hydrogen-bond donors (Lipinski definition) is 1. The minimum atomic E-state index is -0.454. The van der Waals surface area contributed by atoms with Gasteiger partial charge in [0.05, 0.1) is 15.1 Å². The molecule has 3 aromatic carbocycles. The molecular weight excluding hydrogens is 386 g/mol. The van der Waals surface area contributed by atoms with Crippen molar-refractivity contribution in [3.63, 3.8) is 0 Å². The number of nitro benzene ring substituents is 1. The number of benzene rings is 3. The van der Waals surface area contributed by atoms with Crippen LogP contribution >= 0.6 is 11.3 Å². The highest BCUT2D eigenvalue weighted by molar-refractivity contribution is 7.21. The molecule has 0 fully saturated rings. The molecular formula is C22H17N3O3S. The highest BCUT2D eigenvalue weighted by Gasteiger charge is 2.13. The van der Waals surface area contributed by atoms with Gasteiger partial charge in [-0.05, 0) is 36.8 Å². The van der Waals surface area contributed by atoms with Gasteiger partial charge in [0.25, 0.3) is 11.6 Å². The lowest BCUT2D eigenvalue weighted by molar-refractivity contribution is -0.385. The fraction of sp³-hybridized carbons (Fsp3) is 0.0909. The van der Waals surface area contributed by atoms with E-state index in [9.17, 15) is 14.9 Å². The van der Waals surface area contributed by atoms with Gasteiger partial charge in [-0.3, -0.25) is 14.9 Å². The number of nitrogens with zero attached hydrogens (tertiary/aromatic N) is 2. The van der Waals surface area contributed by atoms with E-state index in [0.29, 0.717) is 17.7 Å². The van der Waals surface area contributed by atoms with Gasteiger partial charge in [0.2, 0.25) is 0 Å². The molecule has 6 nitrogen and oxygen atoms in total. The molecule has 1 amide bonds. The molecule has 0 bridgehead atoms. The molecule has 1 aromatic heterocycles. The van der Waals surface area contributed by atoms with Crippen LogP contribution in [0.5, 0.6) is 0 Å². The first-order chi connectivity index (χ1) is 14.0. The van der Waals surface area contributed by atoms with E-state index in [1.54, 1.807) is 18.3 Å². The van der Waals surface area contributed by atoms with E-state index in [1.165, 1.54) is 18.2 Å². The van der Waals surface area contributed by atoms with E-state index >= 15 is 0 Å². The summed E-state index contributed by atoms with van der Waals surface area (Å²) < 4.78 is 1.15. The van der Waals surface area contributed by atoms with Crippen LogP contribution in [0.3, 0.4) is 0 Å². The van der Waals surface area contributed by atoms with Crippen molar-refractivity contribution in [2.45, 2.75) is 13.5 Å². The third-order valence-electron chi connectivity index (χ3n) is 4.60. The third-order valence-corrected chi connectivity index (χ3v) is 5.69. The third kappa shape index (κ3) is 4.00. The van der Waals surface area contributed by atoms with E-state index in [-0.39, 0.29) is 11.6 Å². The number of nitrogens with one attached hydrogen (secondary N) is 1. The summed E-state index contributed by atoms with van der Waals surface area (Å²) in [5.41, 5.74) is 3.85. The molecule has 0 unspecified atom stereocenters. The highest BCUT2D eigenvalue weighted by atomic mass is 32.1. The molecule has 0 atom stereocenters. The maximum atomic E-state index is 12.3. The SMILES string of the molecule is Cc1cc(C(=O)NCc2ccc(-c3nc4ccccc4s3)cc2)ccc1[N+](=O)[O-]. The van der Waals surface area contributed by atoms with Gasteiger partial charge < -0.3 is 5.32 Å². The van der Waals surface area contributed by atoms with Crippen molar-refractivity contribution in [3.8, 4) is 10.6 Å². The topological polar surface area (TPSA) is 85.1 Å². The lowest BCUT2D eigenvalue weighted by Crippen LogP contribution is -2.22. The summed E-state index contributed by atoms with van der Waals surface area (Å²) in [6, 6.07) is 20.3. The number of aryl methyl sites for hydroxylation is 1. The Balaban J connectivity index is 1.43. The van der Waals surface area contributed by atoms with E-state index in [1.807, 2.05) is 42.5 Å². The number of aromatic nitrogens is 1. The monoisotopic (exact) mass is 403 g/mol. The van der Waals surface area contributed by atoms with Crippen molar-refractivity contribution in [2.24, 2.45) is 0 Å². The first-order valence-corrected chi connectivity index (χ1v) is 9.81. The van der Waals surface area contributed by atoms with Gasteiger partial charge in [-0.15, -0.1) is 11.3 Å². The second-order valence-corrected chi connectivity index (χ2v) is 7.66. The van der Waals surface area contributed by atoms with Crippen LogP contribution in [-0.2, 0) is 6.54 Å². The molecule has 1 heterocycles. The lowest BCUT2D eigenvalue weighted by atomic mass is 10.1. The van der Waals surface area contributed by atoms with Crippen LogP contribution in [0.15, 0.2) is 66.7 Å². The second-order valence-electron chi connectivity index (χ2n) is 6.62. The summed E-state index contributed by atoms with van der Waals surface area (Å²) in [6.07, 6.45) is 0. The Hall–Kier alpha value is -3.58. The van der Waals surface area contributed by atoms with Crippen molar-refractivity contribution in [2.75, 3.05) is 0 Å². The average molecular weight is 403 g/mol. The number of rotatable bonds is 5. The summed E-state index contributed by atoms with van der Waals surface area (Å²) in [5.74, 6) is -0.266. The van der Waals surface area contributed by atoms with Crippen molar-refractivity contribution in [1.29, 1.82) is 0 Å². The zero-order valence-electron chi connectivity index (χ0n) is 15.6. The van der Waals surface area contributed by atoms with E-state index in [2.05, 4.69) is 16.4 Å². The largest absolute Gasteiger partial charge is 0.348 e. The van der Waals surface area contributed by atoms with Crippen LogP contribution in [0, 0.1) is 17.0 Å². The summed E-state index contributed by atoms with van der Waals surface area (Å²) in [6.45, 7) is 1.99. The Labute approximate surface area is 171 Å². The van der Waals surface area contributed by atoms with Crippen LogP contribution in [0.4, 0.5) is 5.69 Å². The molecule has 0 radical (unpaired) electrons. The number of hydrogen-bond acceptors (Lipinski definition) is 5. The van der Waals surface area contributed by atoms with Crippen LogP contribution < -0.4 is 5.32 Å². The fourth-order valence-electron chi connectivity index (χ4n) is 3.05. The standard InChI is InChI=1S/C22H17N3O3S/c1-14-12-17(10-11-19(14)25(27)28)21(26)23-13-15-6-8-16(9-7-15)22-24-18-4-2-3-5-20(18)29-22/h2-12H,13H2,1H3,(H,23,26). The molecule has 0 saturated carbocycles. The highest BCUT2D eigenvalue weighted by Crippen LogP contribution is 2.30. The number of thiazole rings is 1. The maximum Gasteiger partial charge on any atom is 0.272 e. The second kappa shape index (κ2) is 7.81. The van der Waals surface area contributed by atoms with Crippen molar-refractivity contribution in [3.05, 3.63) is 93.5 Å². The van der Waals surface area contributed by atoms with Gasteiger partial charge in [-0.2, -0.15) is 0 Å². The Bertz CT molecular complexity index is 1180. The summed E-state index contributed by atoms with van der Waals surface area (Å²) in [5, 5.41) is 14.7. The minimum absolute atomic E-state index is 0.00647. The van der Waals surface area contributed by atoms with Gasteiger partial charge in [-0.1, -0.05) is 36.4 Å². The van der Waals surface area contributed by atoms with Crippen molar-refractivity contribution in [1.82, 2.24) is 10.3 Å². The van der Waals surface area contributed by atoms with Gasteiger partial charge in [0, 0.05) is 29.3 Å². The zero-order valence-corrected chi connectivity index (χ0v) is 16.4. The molecule has 0 aliphatic heterocycles. The number of fused-ring (bicyclic) bond motifs is 1. The lowest BCUT2D eigenvalue weighted by Gasteiger charge is -2.07. The molecule has 7 heteroatoms. The number of carbonyl (C=O) groups excluding carboxylic acids is 1. The van der Waals surface area contributed by atoms with Crippen LogP contribution in [0.2, 0.25) is 0 Å². The molecule has 144 valence electrons. The Morgan fingerprint density at radius 1 is 1.10 bits per heavy atom. The maximum absolute atomic E-state index is 12.3. The molecule has 0 saturated heterocycles. The number of carbonyl (C=O) groups is 1. The molecule has 4 rings (SSSR count). The van der Waals surface area contributed by atoms with Gasteiger partial charge in [0.15, 0.2) is 0 Å². The molecule has 0 aliphatic carbocycles. The molecule has 1 N–H and O–H groups in total. The van der Waals surface area contributed by atoms with Gasteiger partial charge in [0.1, 0.15) is 5.01 Å². The molecule has 4 aromatic rings. The van der Waals surface area contributed by atoms with E-state index in [4.69, 9.17) is 0 Å². The fourth-order valence-corrected chi connectivity index (χ4v) is 4.02. The van der Waals surface area contributed by atoms with Crippen LogP contribution in [-0.4, -0.2) is 15.8 Å². The first kappa shape index (κ1) is 18.8. The predicted octanol–water partition coefficient (Wildman–Crippen LogP) is 5.11. The molecule has 29 heavy (non-hydrogen) atoms. The molecule has 0 spiro atoms. The quantitative estimate of drug-likeness (QED) is 0.371. The van der Waals surface area contributed by atoms with Crippen LogP contribution in [0.1, 0.15) is 21.5 Å². The van der Waals surface area contributed by atoms with E-state index < -0.39 is 4.92 Å². The Morgan fingerprint density at radius 3 is 2.55 bits per heavy atom. The summed E-state index contributed by atoms with van der Waals surface area (Å²) >= 11 is 1.65. The van der Waals surface area contributed by atoms with Crippen LogP contribution in [0.25, 0.3) is 20.8 Å².